The second-order valence-corrected chi connectivity index (χ2v) is 5.57. The lowest BCUT2D eigenvalue weighted by Crippen LogP contribution is -2.30. The zero-order chi connectivity index (χ0) is 14.9. The summed E-state index contributed by atoms with van der Waals surface area (Å²) in [7, 11) is 0. The fraction of sp³-hybridized carbons (Fsp3) is 0.500. The van der Waals surface area contributed by atoms with Crippen LogP contribution in [-0.2, 0) is 11.3 Å². The summed E-state index contributed by atoms with van der Waals surface area (Å²) in [5, 5.41) is 3.08. The second-order valence-electron chi connectivity index (χ2n) is 5.57. The van der Waals surface area contributed by atoms with Crippen LogP contribution in [-0.4, -0.2) is 12.5 Å². The number of carbonyl (C=O) groups is 1. The molecule has 3 nitrogen and oxygen atoms in total. The van der Waals surface area contributed by atoms with Crippen LogP contribution in [0.15, 0.2) is 24.3 Å². The van der Waals surface area contributed by atoms with E-state index in [9.17, 15) is 4.79 Å². The van der Waals surface area contributed by atoms with Crippen molar-refractivity contribution in [3.63, 3.8) is 0 Å². The van der Waals surface area contributed by atoms with E-state index < -0.39 is 0 Å². The average Bonchev–Trinajstić information content (AvgIpc) is 2.80. The van der Waals surface area contributed by atoms with E-state index in [0.717, 1.165) is 24.0 Å². The van der Waals surface area contributed by atoms with E-state index in [1.54, 1.807) is 0 Å². The Kier molecular flexibility index (Phi) is 6.30. The largest absolute Gasteiger partial charge is 0.352 e. The number of hydrogen-bond acceptors (Lipinski definition) is 2. The zero-order valence-corrected chi connectivity index (χ0v) is 12.5. The molecule has 21 heavy (non-hydrogen) atoms. The lowest BCUT2D eigenvalue weighted by molar-refractivity contribution is -0.125. The molecule has 3 N–H and O–H groups in total. The van der Waals surface area contributed by atoms with Gasteiger partial charge in [-0.1, -0.05) is 55.7 Å². The molecule has 0 radical (unpaired) electrons. The van der Waals surface area contributed by atoms with Crippen molar-refractivity contribution in [1.82, 2.24) is 5.32 Å². The van der Waals surface area contributed by atoms with Gasteiger partial charge < -0.3 is 11.1 Å². The first kappa shape index (κ1) is 15.6. The monoisotopic (exact) mass is 284 g/mol. The Morgan fingerprint density at radius 2 is 1.90 bits per heavy atom. The fourth-order valence-electron chi connectivity index (χ4n) is 2.81. The normalized spacial score (nSPS) is 15.7. The molecule has 0 saturated heterocycles. The van der Waals surface area contributed by atoms with Gasteiger partial charge in [0.25, 0.3) is 0 Å². The summed E-state index contributed by atoms with van der Waals surface area (Å²) in [5.74, 6) is 6.31. The van der Waals surface area contributed by atoms with Crippen molar-refractivity contribution in [2.75, 3.05) is 6.54 Å². The number of carbonyl (C=O) groups excluding carboxylic acids is 1. The molecular weight excluding hydrogens is 260 g/mol. The molecule has 0 spiro atoms. The Labute approximate surface area is 127 Å². The minimum absolute atomic E-state index is 0.190. The van der Waals surface area contributed by atoms with Crippen LogP contribution in [0, 0.1) is 17.8 Å². The molecule has 1 amide bonds. The molecule has 0 bridgehead atoms. The molecule has 1 fully saturated rings. The lowest BCUT2D eigenvalue weighted by Gasteiger charge is -2.14. The molecule has 1 aromatic rings. The van der Waals surface area contributed by atoms with Crippen LogP contribution in [0.5, 0.6) is 0 Å². The van der Waals surface area contributed by atoms with Gasteiger partial charge in [0.2, 0.25) is 5.91 Å². The highest BCUT2D eigenvalue weighted by Gasteiger charge is 2.19. The highest BCUT2D eigenvalue weighted by molar-refractivity contribution is 5.78. The molecule has 1 aromatic carbocycles. The SMILES string of the molecule is NCC#Cc1ccccc1CNC(=O)C1CCCCCC1. The molecule has 3 heteroatoms. The maximum atomic E-state index is 12.3. The first-order valence-electron chi connectivity index (χ1n) is 7.86. The van der Waals surface area contributed by atoms with E-state index in [1.807, 2.05) is 24.3 Å². The van der Waals surface area contributed by atoms with Crippen LogP contribution >= 0.6 is 0 Å². The van der Waals surface area contributed by atoms with E-state index in [0.29, 0.717) is 13.1 Å². The number of rotatable bonds is 3. The Bertz CT molecular complexity index is 520. The van der Waals surface area contributed by atoms with Crippen molar-refractivity contribution < 1.29 is 4.79 Å². The number of benzene rings is 1. The van der Waals surface area contributed by atoms with Gasteiger partial charge in [0, 0.05) is 18.0 Å². The van der Waals surface area contributed by atoms with Crippen molar-refractivity contribution in [2.24, 2.45) is 11.7 Å². The average molecular weight is 284 g/mol. The third-order valence-corrected chi connectivity index (χ3v) is 4.02. The Morgan fingerprint density at radius 1 is 1.19 bits per heavy atom. The third-order valence-electron chi connectivity index (χ3n) is 4.02. The van der Waals surface area contributed by atoms with Gasteiger partial charge in [-0.05, 0) is 24.5 Å². The van der Waals surface area contributed by atoms with Gasteiger partial charge in [0.05, 0.1) is 6.54 Å². The van der Waals surface area contributed by atoms with Crippen molar-refractivity contribution in [3.05, 3.63) is 35.4 Å². The van der Waals surface area contributed by atoms with Crippen molar-refractivity contribution in [3.8, 4) is 11.8 Å². The molecule has 1 aliphatic rings. The number of hydrogen-bond donors (Lipinski definition) is 2. The molecule has 2 rings (SSSR count). The third kappa shape index (κ3) is 4.91. The van der Waals surface area contributed by atoms with Crippen LogP contribution in [0.3, 0.4) is 0 Å². The van der Waals surface area contributed by atoms with E-state index >= 15 is 0 Å². The Balaban J connectivity index is 1.94. The molecule has 112 valence electrons. The second kappa shape index (κ2) is 8.49. The van der Waals surface area contributed by atoms with Gasteiger partial charge in [0.15, 0.2) is 0 Å². The van der Waals surface area contributed by atoms with Gasteiger partial charge in [-0.3, -0.25) is 4.79 Å². The van der Waals surface area contributed by atoms with Gasteiger partial charge >= 0.3 is 0 Å². The smallest absolute Gasteiger partial charge is 0.223 e. The summed E-state index contributed by atoms with van der Waals surface area (Å²) in [5.41, 5.74) is 7.42. The van der Waals surface area contributed by atoms with Gasteiger partial charge in [-0.25, -0.2) is 0 Å². The maximum absolute atomic E-state index is 12.3. The summed E-state index contributed by atoms with van der Waals surface area (Å²) in [4.78, 5) is 12.3. The molecule has 1 aliphatic carbocycles. The van der Waals surface area contributed by atoms with Crippen LogP contribution in [0.4, 0.5) is 0 Å². The van der Waals surface area contributed by atoms with Gasteiger partial charge in [-0.15, -0.1) is 0 Å². The van der Waals surface area contributed by atoms with Crippen LogP contribution in [0.2, 0.25) is 0 Å². The highest BCUT2D eigenvalue weighted by atomic mass is 16.1. The first-order valence-corrected chi connectivity index (χ1v) is 7.86. The number of nitrogens with two attached hydrogens (primary N) is 1. The van der Waals surface area contributed by atoms with Crippen molar-refractivity contribution in [2.45, 2.75) is 45.1 Å². The molecule has 1 saturated carbocycles. The minimum Gasteiger partial charge on any atom is -0.352 e. The lowest BCUT2D eigenvalue weighted by atomic mass is 9.99. The van der Waals surface area contributed by atoms with Crippen LogP contribution < -0.4 is 11.1 Å². The topological polar surface area (TPSA) is 55.1 Å². The summed E-state index contributed by atoms with van der Waals surface area (Å²) in [6.07, 6.45) is 6.94. The minimum atomic E-state index is 0.190. The highest BCUT2D eigenvalue weighted by Crippen LogP contribution is 2.23. The molecule has 0 aromatic heterocycles. The Hall–Kier alpha value is -1.79. The molecule has 0 atom stereocenters. The summed E-state index contributed by atoms with van der Waals surface area (Å²) in [6.45, 7) is 0.896. The quantitative estimate of drug-likeness (QED) is 0.662. The Morgan fingerprint density at radius 3 is 2.62 bits per heavy atom. The molecule has 0 unspecified atom stereocenters. The van der Waals surface area contributed by atoms with E-state index in [4.69, 9.17) is 5.73 Å². The summed E-state index contributed by atoms with van der Waals surface area (Å²) in [6, 6.07) is 7.90. The summed E-state index contributed by atoms with van der Waals surface area (Å²) >= 11 is 0. The van der Waals surface area contributed by atoms with Gasteiger partial charge in [-0.2, -0.15) is 0 Å². The van der Waals surface area contributed by atoms with Crippen LogP contribution in [0.25, 0.3) is 0 Å². The molecule has 0 heterocycles. The van der Waals surface area contributed by atoms with Crippen molar-refractivity contribution in [1.29, 1.82) is 0 Å². The van der Waals surface area contributed by atoms with E-state index in [2.05, 4.69) is 17.2 Å². The fourth-order valence-corrected chi connectivity index (χ4v) is 2.81. The van der Waals surface area contributed by atoms with Crippen LogP contribution in [0.1, 0.15) is 49.7 Å². The maximum Gasteiger partial charge on any atom is 0.223 e. The number of nitrogens with one attached hydrogen (secondary N) is 1. The first-order chi connectivity index (χ1) is 10.3. The number of amides is 1. The predicted octanol–water partition coefficient (Wildman–Crippen LogP) is 2.58. The molecular formula is C18H24N2O. The zero-order valence-electron chi connectivity index (χ0n) is 12.5. The molecule has 0 aliphatic heterocycles. The van der Waals surface area contributed by atoms with E-state index in [1.165, 1.54) is 25.7 Å². The van der Waals surface area contributed by atoms with E-state index in [-0.39, 0.29) is 11.8 Å². The summed E-state index contributed by atoms with van der Waals surface area (Å²) < 4.78 is 0. The standard InChI is InChI=1S/C18H24N2O/c19-13-7-12-15-8-5-6-11-17(15)14-20-18(21)16-9-3-1-2-4-10-16/h5-6,8,11,16H,1-4,9-10,13-14,19H2,(H,20,21). The predicted molar refractivity (Wildman–Crippen MR) is 85.4 cm³/mol. The van der Waals surface area contributed by atoms with Crippen molar-refractivity contribution >= 4 is 5.91 Å². The van der Waals surface area contributed by atoms with Gasteiger partial charge in [0.1, 0.15) is 0 Å².